The molecule has 31 heavy (non-hydrogen) atoms. The maximum Gasteiger partial charge on any atom is 0.234 e. The molecule has 0 atom stereocenters. The van der Waals surface area contributed by atoms with Gasteiger partial charge >= 0.3 is 0 Å². The summed E-state index contributed by atoms with van der Waals surface area (Å²) in [5.41, 5.74) is 2.66. The molecule has 6 nitrogen and oxygen atoms in total. The summed E-state index contributed by atoms with van der Waals surface area (Å²) in [6, 6.07) is 8.95. The number of benzene rings is 2. The van der Waals surface area contributed by atoms with Crippen molar-refractivity contribution in [1.29, 1.82) is 0 Å². The van der Waals surface area contributed by atoms with Crippen LogP contribution in [0.1, 0.15) is 23.9 Å². The number of carbonyl (C=O) groups is 1. The van der Waals surface area contributed by atoms with Crippen LogP contribution in [-0.2, 0) is 17.9 Å². The number of thioether (sulfide) groups is 1. The molecular weight excluding hydrogens is 479 g/mol. The summed E-state index contributed by atoms with van der Waals surface area (Å²) in [5.74, 6) is 1.40. The second kappa shape index (κ2) is 10.6. The quantitative estimate of drug-likeness (QED) is 0.296. The van der Waals surface area contributed by atoms with Crippen molar-refractivity contribution in [3.63, 3.8) is 0 Å². The van der Waals surface area contributed by atoms with Crippen LogP contribution in [0.2, 0.25) is 15.1 Å². The number of amides is 1. The highest BCUT2D eigenvalue weighted by Gasteiger charge is 2.15. The van der Waals surface area contributed by atoms with Crippen molar-refractivity contribution in [1.82, 2.24) is 14.8 Å². The van der Waals surface area contributed by atoms with Gasteiger partial charge < -0.3 is 14.6 Å². The number of hydrogen-bond acceptors (Lipinski definition) is 5. The molecule has 0 fully saturated rings. The Kier molecular flexibility index (Phi) is 8.11. The third-order valence-electron chi connectivity index (χ3n) is 4.64. The Morgan fingerprint density at radius 1 is 1.13 bits per heavy atom. The van der Waals surface area contributed by atoms with E-state index in [1.807, 2.05) is 43.5 Å². The molecule has 10 heteroatoms. The number of aromatic nitrogens is 3. The SMILES string of the molecule is CCn1c(COc2cccc(C)c2C)nnc1SCC(=O)Nc1cc(Cl)c(Cl)cc1Cl. The van der Waals surface area contributed by atoms with Crippen LogP contribution in [0, 0.1) is 13.8 Å². The summed E-state index contributed by atoms with van der Waals surface area (Å²) in [6.45, 7) is 7.00. The van der Waals surface area contributed by atoms with Gasteiger partial charge in [-0.3, -0.25) is 4.79 Å². The molecule has 0 radical (unpaired) electrons. The molecule has 1 aromatic heterocycles. The second-order valence-corrected chi connectivity index (χ2v) is 8.88. The Hall–Kier alpha value is -1.93. The Bertz CT molecular complexity index is 1100. The molecule has 3 rings (SSSR count). The van der Waals surface area contributed by atoms with Crippen molar-refractivity contribution in [3.8, 4) is 5.75 Å². The minimum absolute atomic E-state index is 0.132. The number of halogens is 3. The van der Waals surface area contributed by atoms with E-state index in [0.29, 0.717) is 38.3 Å². The van der Waals surface area contributed by atoms with Gasteiger partial charge in [0.15, 0.2) is 11.0 Å². The number of nitrogens with one attached hydrogen (secondary N) is 1. The van der Waals surface area contributed by atoms with E-state index in [2.05, 4.69) is 15.5 Å². The number of hydrogen-bond donors (Lipinski definition) is 1. The molecule has 0 saturated heterocycles. The monoisotopic (exact) mass is 498 g/mol. The van der Waals surface area contributed by atoms with Gasteiger partial charge in [0, 0.05) is 6.54 Å². The molecule has 0 aliphatic heterocycles. The highest BCUT2D eigenvalue weighted by Crippen LogP contribution is 2.32. The summed E-state index contributed by atoms with van der Waals surface area (Å²) in [6.07, 6.45) is 0. The van der Waals surface area contributed by atoms with Gasteiger partial charge in [0.25, 0.3) is 0 Å². The molecule has 0 bridgehead atoms. The zero-order valence-electron chi connectivity index (χ0n) is 17.2. The number of carbonyl (C=O) groups excluding carboxylic acids is 1. The molecule has 1 N–H and O–H groups in total. The first-order valence-corrected chi connectivity index (χ1v) is 11.6. The Morgan fingerprint density at radius 2 is 1.87 bits per heavy atom. The summed E-state index contributed by atoms with van der Waals surface area (Å²) in [7, 11) is 0. The van der Waals surface area contributed by atoms with E-state index in [9.17, 15) is 4.79 Å². The van der Waals surface area contributed by atoms with Crippen LogP contribution >= 0.6 is 46.6 Å². The maximum absolute atomic E-state index is 12.4. The van der Waals surface area contributed by atoms with E-state index < -0.39 is 0 Å². The molecule has 1 heterocycles. The zero-order valence-corrected chi connectivity index (χ0v) is 20.3. The van der Waals surface area contributed by atoms with E-state index in [1.54, 1.807) is 0 Å². The Morgan fingerprint density at radius 3 is 2.61 bits per heavy atom. The predicted molar refractivity (Wildman–Crippen MR) is 127 cm³/mol. The second-order valence-electron chi connectivity index (χ2n) is 6.71. The largest absolute Gasteiger partial charge is 0.485 e. The molecule has 1 amide bonds. The Balaban J connectivity index is 1.62. The fourth-order valence-electron chi connectivity index (χ4n) is 2.81. The van der Waals surface area contributed by atoms with Gasteiger partial charge in [-0.1, -0.05) is 58.7 Å². The fraction of sp³-hybridized carbons (Fsp3) is 0.286. The van der Waals surface area contributed by atoms with Gasteiger partial charge in [0.05, 0.1) is 26.5 Å². The van der Waals surface area contributed by atoms with Gasteiger partial charge in [0.2, 0.25) is 5.91 Å². The maximum atomic E-state index is 12.4. The first kappa shape index (κ1) is 23.7. The molecule has 0 aliphatic rings. The van der Waals surface area contributed by atoms with E-state index in [-0.39, 0.29) is 18.3 Å². The van der Waals surface area contributed by atoms with E-state index >= 15 is 0 Å². The molecule has 2 aromatic carbocycles. The van der Waals surface area contributed by atoms with Crippen molar-refractivity contribution in [2.75, 3.05) is 11.1 Å². The standard InChI is InChI=1S/C21H21Cl3N4O2S/c1-4-28-19(10-30-18-7-5-6-12(2)13(18)3)26-27-21(28)31-11-20(29)25-17-9-15(23)14(22)8-16(17)24/h5-9H,4,10-11H2,1-3H3,(H,25,29). The molecular formula is C21H21Cl3N4O2S. The van der Waals surface area contributed by atoms with Crippen molar-refractivity contribution < 1.29 is 9.53 Å². The van der Waals surface area contributed by atoms with Crippen LogP contribution in [0.15, 0.2) is 35.5 Å². The minimum Gasteiger partial charge on any atom is -0.485 e. The number of aryl methyl sites for hydroxylation is 1. The summed E-state index contributed by atoms with van der Waals surface area (Å²) < 4.78 is 7.87. The van der Waals surface area contributed by atoms with Crippen LogP contribution in [0.3, 0.4) is 0 Å². The normalized spacial score (nSPS) is 10.9. The van der Waals surface area contributed by atoms with Crippen LogP contribution < -0.4 is 10.1 Å². The molecule has 164 valence electrons. The summed E-state index contributed by atoms with van der Waals surface area (Å²) >= 11 is 19.3. The smallest absolute Gasteiger partial charge is 0.234 e. The molecule has 3 aromatic rings. The van der Waals surface area contributed by atoms with Gasteiger partial charge in [-0.25, -0.2) is 0 Å². The molecule has 0 aliphatic carbocycles. The lowest BCUT2D eigenvalue weighted by Gasteiger charge is -2.12. The lowest BCUT2D eigenvalue weighted by atomic mass is 10.1. The topological polar surface area (TPSA) is 69.0 Å². The van der Waals surface area contributed by atoms with Crippen LogP contribution in [0.4, 0.5) is 5.69 Å². The molecule has 0 unspecified atom stereocenters. The Labute approximate surface area is 200 Å². The lowest BCUT2D eigenvalue weighted by molar-refractivity contribution is -0.113. The number of nitrogens with zero attached hydrogens (tertiary/aromatic N) is 3. The van der Waals surface area contributed by atoms with E-state index in [1.165, 1.54) is 29.5 Å². The third kappa shape index (κ3) is 5.86. The summed E-state index contributed by atoms with van der Waals surface area (Å²) in [4.78, 5) is 12.4. The van der Waals surface area contributed by atoms with Gasteiger partial charge in [-0.15, -0.1) is 10.2 Å². The summed E-state index contributed by atoms with van der Waals surface area (Å²) in [5, 5.41) is 12.8. The third-order valence-corrected chi connectivity index (χ3v) is 6.64. The number of anilines is 1. The minimum atomic E-state index is -0.246. The zero-order chi connectivity index (χ0) is 22.5. The van der Waals surface area contributed by atoms with Crippen molar-refractivity contribution in [3.05, 3.63) is 62.4 Å². The van der Waals surface area contributed by atoms with Gasteiger partial charge in [0.1, 0.15) is 12.4 Å². The predicted octanol–water partition coefficient (Wildman–Crippen LogP) is 6.18. The van der Waals surface area contributed by atoms with E-state index in [0.717, 1.165) is 11.3 Å². The first-order chi connectivity index (χ1) is 14.8. The van der Waals surface area contributed by atoms with Crippen LogP contribution in [0.25, 0.3) is 0 Å². The van der Waals surface area contributed by atoms with Gasteiger partial charge in [-0.2, -0.15) is 0 Å². The van der Waals surface area contributed by atoms with Crippen molar-refractivity contribution >= 4 is 58.2 Å². The highest BCUT2D eigenvalue weighted by molar-refractivity contribution is 7.99. The lowest BCUT2D eigenvalue weighted by Crippen LogP contribution is -2.15. The fourth-order valence-corrected chi connectivity index (χ4v) is 4.22. The highest BCUT2D eigenvalue weighted by atomic mass is 35.5. The van der Waals surface area contributed by atoms with E-state index in [4.69, 9.17) is 39.5 Å². The van der Waals surface area contributed by atoms with Gasteiger partial charge in [-0.05, 0) is 50.1 Å². The first-order valence-electron chi connectivity index (χ1n) is 9.48. The van der Waals surface area contributed by atoms with Crippen molar-refractivity contribution in [2.24, 2.45) is 0 Å². The average Bonchev–Trinajstić information content (AvgIpc) is 3.13. The molecule has 0 saturated carbocycles. The molecule has 0 spiro atoms. The number of rotatable bonds is 8. The van der Waals surface area contributed by atoms with Crippen LogP contribution in [-0.4, -0.2) is 26.4 Å². The number of ether oxygens (including phenoxy) is 1. The average molecular weight is 500 g/mol. The van der Waals surface area contributed by atoms with Crippen molar-refractivity contribution in [2.45, 2.75) is 39.1 Å². The van der Waals surface area contributed by atoms with Crippen LogP contribution in [0.5, 0.6) is 5.75 Å².